The molecule has 0 radical (unpaired) electrons. The topological polar surface area (TPSA) is 76.2 Å². The second kappa shape index (κ2) is 7.66. The van der Waals surface area contributed by atoms with Gasteiger partial charge in [0.15, 0.2) is 11.5 Å². The molecular weight excluding hydrogens is 404 g/mol. The lowest BCUT2D eigenvalue weighted by atomic mass is 9.94. The summed E-state index contributed by atoms with van der Waals surface area (Å²) in [7, 11) is 0. The summed E-state index contributed by atoms with van der Waals surface area (Å²) in [5.74, 6) is -3.97. The van der Waals surface area contributed by atoms with Gasteiger partial charge in [-0.05, 0) is 37.8 Å². The third-order valence-electron chi connectivity index (χ3n) is 6.39. The number of aromatic nitrogens is 2. The Balaban J connectivity index is 1.25. The van der Waals surface area contributed by atoms with E-state index in [-0.39, 0.29) is 6.42 Å². The van der Waals surface area contributed by atoms with Gasteiger partial charge in [-0.3, -0.25) is 9.89 Å². The fourth-order valence-electron chi connectivity index (χ4n) is 4.54. The van der Waals surface area contributed by atoms with E-state index < -0.39 is 35.9 Å². The number of hydrogen-bond acceptors (Lipinski definition) is 4. The lowest BCUT2D eigenvalue weighted by Gasteiger charge is -2.22. The summed E-state index contributed by atoms with van der Waals surface area (Å²) >= 11 is 0. The smallest absolute Gasteiger partial charge is 0.255 e. The van der Waals surface area contributed by atoms with E-state index in [0.29, 0.717) is 36.1 Å². The second-order valence-electron chi connectivity index (χ2n) is 8.62. The predicted molar refractivity (Wildman–Crippen MR) is 110 cm³/mol. The summed E-state index contributed by atoms with van der Waals surface area (Å²) in [4.78, 5) is 12.5. The molecule has 1 aromatic heterocycles. The maximum Gasteiger partial charge on any atom is 0.255 e. The number of halogens is 2. The van der Waals surface area contributed by atoms with E-state index in [1.165, 1.54) is 0 Å². The number of fused-ring (bicyclic) bond motifs is 1. The number of amides is 1. The van der Waals surface area contributed by atoms with Crippen molar-refractivity contribution in [2.24, 2.45) is 17.8 Å². The van der Waals surface area contributed by atoms with Crippen LogP contribution in [0.3, 0.4) is 0 Å². The molecule has 3 atom stereocenters. The minimum Gasteiger partial charge on any atom is -0.451 e. The van der Waals surface area contributed by atoms with Crippen LogP contribution < -0.4 is 14.8 Å². The summed E-state index contributed by atoms with van der Waals surface area (Å²) in [6.07, 6.45) is 3.84. The van der Waals surface area contributed by atoms with E-state index in [0.717, 1.165) is 18.5 Å². The van der Waals surface area contributed by atoms with Crippen molar-refractivity contribution in [3.8, 4) is 11.5 Å². The molecule has 2 aliphatic carbocycles. The van der Waals surface area contributed by atoms with Gasteiger partial charge >= 0.3 is 0 Å². The maximum atomic E-state index is 14.8. The third kappa shape index (κ3) is 3.91. The third-order valence-corrected chi connectivity index (χ3v) is 6.39. The lowest BCUT2D eigenvalue weighted by molar-refractivity contribution is -0.117. The number of anilines is 1. The molecule has 2 saturated carbocycles. The summed E-state index contributed by atoms with van der Waals surface area (Å²) in [5.41, 5.74) is 0.907. The van der Waals surface area contributed by atoms with Gasteiger partial charge in [0.1, 0.15) is 5.82 Å². The first-order valence-corrected chi connectivity index (χ1v) is 10.7. The fraction of sp³-hybridized carbons (Fsp3) is 0.478. The molecule has 5 rings (SSSR count). The molecule has 164 valence electrons. The van der Waals surface area contributed by atoms with Gasteiger partial charge in [0.2, 0.25) is 12.2 Å². The van der Waals surface area contributed by atoms with Crippen LogP contribution in [0.25, 0.3) is 0 Å². The Hall–Kier alpha value is -2.90. The number of benzene rings is 1. The number of allylic oxidation sites excluding steroid dienone is 1. The maximum absolute atomic E-state index is 14.8. The zero-order valence-electron chi connectivity index (χ0n) is 17.0. The van der Waals surface area contributed by atoms with E-state index in [4.69, 9.17) is 9.47 Å². The van der Waals surface area contributed by atoms with Crippen molar-refractivity contribution in [2.45, 2.75) is 50.2 Å². The first-order valence-electron chi connectivity index (χ1n) is 10.7. The molecular formula is C23H25F2N3O3. The average Bonchev–Trinajstić information content (AvgIpc) is 3.52. The number of nitrogens with one attached hydrogen (secondary N) is 2. The van der Waals surface area contributed by atoms with Crippen LogP contribution in [0.2, 0.25) is 0 Å². The van der Waals surface area contributed by atoms with Crippen molar-refractivity contribution in [2.75, 3.05) is 5.32 Å². The van der Waals surface area contributed by atoms with Crippen molar-refractivity contribution in [3.63, 3.8) is 0 Å². The minimum absolute atomic E-state index is 0.264. The molecule has 2 N–H and O–H groups in total. The number of carbonyl (C=O) groups is 1. The number of alkyl halides is 2. The van der Waals surface area contributed by atoms with E-state index >= 15 is 0 Å². The number of ether oxygens (including phenoxy) is 2. The number of carbonyl (C=O) groups excluding carboxylic acids is 1. The SMILES string of the molecule is C=CCCC(C1Oc2ccccc2O1)C1C(CC(=O)Nc2cc(C3CC3)n[nH]2)C1(F)F. The second-order valence-corrected chi connectivity index (χ2v) is 8.62. The van der Waals surface area contributed by atoms with Crippen molar-refractivity contribution in [1.29, 1.82) is 0 Å². The molecule has 0 saturated heterocycles. The highest BCUT2D eigenvalue weighted by atomic mass is 19.3. The van der Waals surface area contributed by atoms with Crippen LogP contribution in [0, 0.1) is 17.8 Å². The van der Waals surface area contributed by atoms with Crippen molar-refractivity contribution in [3.05, 3.63) is 48.7 Å². The summed E-state index contributed by atoms with van der Waals surface area (Å²) in [6, 6.07) is 8.92. The molecule has 1 amide bonds. The summed E-state index contributed by atoms with van der Waals surface area (Å²) in [5, 5.41) is 9.61. The first-order chi connectivity index (χ1) is 15.0. The number of H-pyrrole nitrogens is 1. The highest BCUT2D eigenvalue weighted by molar-refractivity contribution is 5.90. The van der Waals surface area contributed by atoms with Crippen LogP contribution in [-0.4, -0.2) is 28.3 Å². The van der Waals surface area contributed by atoms with Gasteiger partial charge in [0.25, 0.3) is 5.92 Å². The van der Waals surface area contributed by atoms with Crippen LogP contribution >= 0.6 is 0 Å². The van der Waals surface area contributed by atoms with Gasteiger partial charge in [0.05, 0.1) is 5.69 Å². The number of hydrogen-bond donors (Lipinski definition) is 2. The molecule has 1 aromatic carbocycles. The zero-order chi connectivity index (χ0) is 21.6. The molecule has 0 bridgehead atoms. The molecule has 2 aromatic rings. The Morgan fingerprint density at radius 1 is 1.32 bits per heavy atom. The van der Waals surface area contributed by atoms with Crippen LogP contribution in [-0.2, 0) is 4.79 Å². The Bertz CT molecular complexity index is 963. The highest BCUT2D eigenvalue weighted by Crippen LogP contribution is 2.63. The van der Waals surface area contributed by atoms with E-state index in [2.05, 4.69) is 22.1 Å². The number of rotatable bonds is 9. The number of para-hydroxylation sites is 2. The fourth-order valence-corrected chi connectivity index (χ4v) is 4.54. The Kier molecular flexibility index (Phi) is 4.95. The molecule has 31 heavy (non-hydrogen) atoms. The standard InChI is InChI=1S/C23H25F2N3O3/c1-2-3-6-14(22-30-17-7-4-5-8-18(17)31-22)21-15(23(21,24)25)11-20(29)26-19-12-16(27-28-19)13-9-10-13/h2,4-5,7-8,12-15,21-22H,1,3,6,9-11H2,(H2,26,27,28,29). The molecule has 2 fully saturated rings. The van der Waals surface area contributed by atoms with E-state index in [1.807, 2.05) is 12.1 Å². The number of nitrogens with zero attached hydrogens (tertiary/aromatic N) is 1. The normalized spacial score (nSPS) is 24.6. The molecule has 0 spiro atoms. The Morgan fingerprint density at radius 3 is 2.68 bits per heavy atom. The molecule has 6 nitrogen and oxygen atoms in total. The lowest BCUT2D eigenvalue weighted by Crippen LogP contribution is -2.32. The molecule has 3 unspecified atom stereocenters. The van der Waals surface area contributed by atoms with Gasteiger partial charge in [-0.1, -0.05) is 18.2 Å². The van der Waals surface area contributed by atoms with Crippen LogP contribution in [0.5, 0.6) is 11.5 Å². The van der Waals surface area contributed by atoms with Crippen molar-refractivity contribution < 1.29 is 23.0 Å². The number of aromatic amines is 1. The average molecular weight is 429 g/mol. The quantitative estimate of drug-likeness (QED) is 0.557. The van der Waals surface area contributed by atoms with Crippen LogP contribution in [0.1, 0.15) is 43.7 Å². The molecule has 3 aliphatic rings. The van der Waals surface area contributed by atoms with Gasteiger partial charge < -0.3 is 14.8 Å². The highest BCUT2D eigenvalue weighted by Gasteiger charge is 2.72. The van der Waals surface area contributed by atoms with Gasteiger partial charge in [-0.15, -0.1) is 6.58 Å². The van der Waals surface area contributed by atoms with Gasteiger partial charge in [0, 0.05) is 36.2 Å². The largest absolute Gasteiger partial charge is 0.451 e. The zero-order valence-corrected chi connectivity index (χ0v) is 17.0. The van der Waals surface area contributed by atoms with Crippen LogP contribution in [0.4, 0.5) is 14.6 Å². The summed E-state index contributed by atoms with van der Waals surface area (Å²) in [6.45, 7) is 3.71. The first kappa shape index (κ1) is 20.0. The molecule has 1 aliphatic heterocycles. The predicted octanol–water partition coefficient (Wildman–Crippen LogP) is 4.88. The Labute approximate surface area is 179 Å². The monoisotopic (exact) mass is 429 g/mol. The Morgan fingerprint density at radius 2 is 2.03 bits per heavy atom. The van der Waals surface area contributed by atoms with Gasteiger partial charge in [-0.2, -0.15) is 5.10 Å². The van der Waals surface area contributed by atoms with Gasteiger partial charge in [-0.25, -0.2) is 8.78 Å². The molecule has 2 heterocycles. The minimum atomic E-state index is -2.95. The molecule has 8 heteroatoms. The van der Waals surface area contributed by atoms with Crippen molar-refractivity contribution in [1.82, 2.24) is 10.2 Å². The van der Waals surface area contributed by atoms with Crippen molar-refractivity contribution >= 4 is 11.7 Å². The summed E-state index contributed by atoms with van der Waals surface area (Å²) < 4.78 is 41.3. The van der Waals surface area contributed by atoms with E-state index in [1.54, 1.807) is 24.3 Å². The van der Waals surface area contributed by atoms with E-state index in [9.17, 15) is 13.6 Å². The van der Waals surface area contributed by atoms with Crippen LogP contribution in [0.15, 0.2) is 43.0 Å².